The molecule has 8 nitrogen and oxygen atoms in total. The second-order valence-corrected chi connectivity index (χ2v) is 9.05. The summed E-state index contributed by atoms with van der Waals surface area (Å²) in [7, 11) is 3.26. The van der Waals surface area contributed by atoms with Gasteiger partial charge in [-0.25, -0.2) is 4.99 Å². The van der Waals surface area contributed by atoms with Crippen molar-refractivity contribution in [2.75, 3.05) is 14.1 Å². The van der Waals surface area contributed by atoms with Crippen LogP contribution >= 0.6 is 12.8 Å². The predicted octanol–water partition coefficient (Wildman–Crippen LogP) is 4.17. The van der Waals surface area contributed by atoms with Gasteiger partial charge in [-0.3, -0.25) is 9.79 Å². The molecule has 0 aliphatic rings. The fourth-order valence-corrected chi connectivity index (χ4v) is 3.38. The number of amidine groups is 2. The van der Waals surface area contributed by atoms with Crippen LogP contribution in [0.25, 0.3) is 0 Å². The van der Waals surface area contributed by atoms with Crippen LogP contribution < -0.4 is 10.5 Å². The molecule has 1 amide bonds. The van der Waals surface area contributed by atoms with Crippen molar-refractivity contribution in [3.8, 4) is 5.75 Å². The van der Waals surface area contributed by atoms with E-state index in [0.717, 1.165) is 11.3 Å². The maximum absolute atomic E-state index is 12.6. The zero-order chi connectivity index (χ0) is 24.2. The lowest BCUT2D eigenvalue weighted by Gasteiger charge is -2.26. The van der Waals surface area contributed by atoms with Crippen molar-refractivity contribution in [3.05, 3.63) is 46.9 Å². The molecule has 0 aliphatic carbocycles. The summed E-state index contributed by atoms with van der Waals surface area (Å²) in [5.41, 5.74) is 7.12. The van der Waals surface area contributed by atoms with E-state index in [9.17, 15) is 9.90 Å². The van der Waals surface area contributed by atoms with Gasteiger partial charge in [0.15, 0.2) is 17.4 Å². The number of amides is 1. The van der Waals surface area contributed by atoms with Gasteiger partial charge in [0.1, 0.15) is 23.2 Å². The lowest BCUT2D eigenvalue weighted by molar-refractivity contribution is 0.0823. The van der Waals surface area contributed by atoms with Gasteiger partial charge in [-0.05, 0) is 42.5 Å². The van der Waals surface area contributed by atoms with E-state index < -0.39 is 0 Å². The molecule has 0 aliphatic heterocycles. The molecule has 174 valence electrons. The minimum Gasteiger partial charge on any atom is -0.505 e. The molecular weight excluding hydrogens is 426 g/mol. The van der Waals surface area contributed by atoms with Crippen molar-refractivity contribution in [3.63, 3.8) is 0 Å². The van der Waals surface area contributed by atoms with Gasteiger partial charge in [-0.15, -0.1) is 0 Å². The summed E-state index contributed by atoms with van der Waals surface area (Å²) in [5, 5.41) is 10.8. The fraction of sp³-hybridized carbons (Fsp3) is 0.435. The number of thiol groups is 1. The third-order valence-electron chi connectivity index (χ3n) is 4.94. The molecule has 2 rings (SSSR count). The molecule has 0 saturated heterocycles. The van der Waals surface area contributed by atoms with Crippen LogP contribution in [0.2, 0.25) is 0 Å². The van der Waals surface area contributed by atoms with Crippen molar-refractivity contribution in [1.82, 2.24) is 9.62 Å². The summed E-state index contributed by atoms with van der Waals surface area (Å²) in [4.78, 5) is 23.1. The van der Waals surface area contributed by atoms with E-state index in [1.807, 2.05) is 46.8 Å². The highest BCUT2D eigenvalue weighted by molar-refractivity contribution is 7.78. The Morgan fingerprint density at radius 2 is 1.94 bits per heavy atom. The van der Waals surface area contributed by atoms with Crippen LogP contribution in [0.5, 0.6) is 5.75 Å². The molecule has 2 aromatic rings. The van der Waals surface area contributed by atoms with Crippen LogP contribution in [0.3, 0.4) is 0 Å². The van der Waals surface area contributed by atoms with Crippen molar-refractivity contribution in [1.29, 1.82) is 0 Å². The number of phenolic OH excluding ortho intramolecular Hbond substituents is 1. The topological polar surface area (TPSA) is 116 Å². The smallest absolute Gasteiger partial charge is 0.257 e. The van der Waals surface area contributed by atoms with Gasteiger partial charge in [-0.1, -0.05) is 46.6 Å². The summed E-state index contributed by atoms with van der Waals surface area (Å²) in [6, 6.07) is 6.78. The summed E-state index contributed by atoms with van der Waals surface area (Å²) in [6.45, 7) is 9.88. The Morgan fingerprint density at radius 3 is 2.41 bits per heavy atom. The van der Waals surface area contributed by atoms with Crippen molar-refractivity contribution < 1.29 is 14.3 Å². The van der Waals surface area contributed by atoms with Crippen molar-refractivity contribution >= 4 is 36.1 Å². The van der Waals surface area contributed by atoms with E-state index in [0.29, 0.717) is 12.2 Å². The highest BCUT2D eigenvalue weighted by Gasteiger charge is 2.29. The number of carbonyl (C=O) groups is 1. The maximum Gasteiger partial charge on any atom is 0.257 e. The standard InChI is InChI=1S/C23H33N5O3S/c1-8-14-10-11-15(18(29)17(14)22(30)28(6)7)25-21(27-32)20(24)26-19(23(3,4)5)16-12-9-13(2)31-16/h9-12,19,29,32H,8H2,1-7H3,(H2,24,26)(H,25,27)/t19-/m0/s1. The number of nitrogens with zero attached hydrogens (tertiary/aromatic N) is 3. The molecule has 1 heterocycles. The lowest BCUT2D eigenvalue weighted by Crippen LogP contribution is -2.33. The van der Waals surface area contributed by atoms with Crippen LogP contribution in [0.15, 0.2) is 38.7 Å². The number of benzene rings is 1. The number of phenols is 1. The first-order chi connectivity index (χ1) is 14.9. The number of rotatable bonds is 5. The van der Waals surface area contributed by atoms with Crippen LogP contribution in [0, 0.1) is 12.3 Å². The fourth-order valence-electron chi connectivity index (χ4n) is 3.21. The van der Waals surface area contributed by atoms with Gasteiger partial charge in [0.2, 0.25) is 0 Å². The molecule has 1 aromatic carbocycles. The van der Waals surface area contributed by atoms with Gasteiger partial charge < -0.3 is 24.9 Å². The van der Waals surface area contributed by atoms with E-state index in [2.05, 4.69) is 27.5 Å². The molecule has 0 unspecified atom stereocenters. The number of furan rings is 1. The van der Waals surface area contributed by atoms with Crippen LogP contribution in [0.4, 0.5) is 5.69 Å². The maximum atomic E-state index is 12.6. The minimum absolute atomic E-state index is 0.0911. The third kappa shape index (κ3) is 5.64. The Morgan fingerprint density at radius 1 is 1.28 bits per heavy atom. The van der Waals surface area contributed by atoms with E-state index in [1.165, 1.54) is 4.90 Å². The molecule has 1 atom stereocenters. The Hall–Kier alpha value is -2.94. The highest BCUT2D eigenvalue weighted by Crippen LogP contribution is 2.37. The first-order valence-electron chi connectivity index (χ1n) is 10.4. The second-order valence-electron chi connectivity index (χ2n) is 8.82. The average Bonchev–Trinajstić information content (AvgIpc) is 3.14. The number of aryl methyl sites for hydroxylation is 2. The number of nitrogens with two attached hydrogens (primary N) is 1. The zero-order valence-electron chi connectivity index (χ0n) is 19.7. The summed E-state index contributed by atoms with van der Waals surface area (Å²) < 4.78 is 8.43. The van der Waals surface area contributed by atoms with Gasteiger partial charge >= 0.3 is 0 Å². The largest absolute Gasteiger partial charge is 0.505 e. The Kier molecular flexibility index (Phi) is 8.01. The molecule has 4 N–H and O–H groups in total. The first-order valence-corrected chi connectivity index (χ1v) is 10.8. The zero-order valence-corrected chi connectivity index (χ0v) is 20.6. The van der Waals surface area contributed by atoms with Gasteiger partial charge in [0.05, 0.1) is 5.56 Å². The quantitative estimate of drug-likeness (QED) is 0.304. The van der Waals surface area contributed by atoms with Crippen LogP contribution in [-0.2, 0) is 6.42 Å². The molecule has 32 heavy (non-hydrogen) atoms. The van der Waals surface area contributed by atoms with E-state index in [-0.39, 0.29) is 46.0 Å². The Balaban J connectivity index is 2.56. The summed E-state index contributed by atoms with van der Waals surface area (Å²) >= 11 is 4.12. The first kappa shape index (κ1) is 25.3. The van der Waals surface area contributed by atoms with Gasteiger partial charge in [0, 0.05) is 14.1 Å². The second kappa shape index (κ2) is 10.1. The molecule has 9 heteroatoms. The molecule has 0 fully saturated rings. The number of aromatic hydroxyl groups is 1. The lowest BCUT2D eigenvalue weighted by atomic mass is 9.85. The number of hydrogen-bond donors (Lipinski definition) is 4. The molecule has 0 spiro atoms. The Bertz CT molecular complexity index is 1030. The number of aliphatic imine (C=N–C) groups is 2. The molecule has 0 bridgehead atoms. The Labute approximate surface area is 195 Å². The molecule has 0 radical (unpaired) electrons. The molecule has 1 aromatic heterocycles. The third-order valence-corrected chi connectivity index (χ3v) is 5.16. The minimum atomic E-state index is -0.370. The normalized spacial score (nSPS) is 13.8. The van der Waals surface area contributed by atoms with Gasteiger partial charge in [0.25, 0.3) is 5.91 Å². The molecule has 0 saturated carbocycles. The van der Waals surface area contributed by atoms with Crippen LogP contribution in [-0.4, -0.2) is 41.7 Å². The summed E-state index contributed by atoms with van der Waals surface area (Å²) in [5.74, 6) is 1.18. The SMILES string of the molecule is CCc1ccc(N=C(NS)C(N)=N[C@@H](c2ccc(C)o2)C(C)(C)C)c(O)c1C(=O)N(C)C. The van der Waals surface area contributed by atoms with Gasteiger partial charge in [-0.2, -0.15) is 0 Å². The number of nitrogens with one attached hydrogen (secondary N) is 1. The van der Waals surface area contributed by atoms with Crippen LogP contribution in [0.1, 0.15) is 61.2 Å². The van der Waals surface area contributed by atoms with E-state index in [1.54, 1.807) is 26.2 Å². The monoisotopic (exact) mass is 459 g/mol. The highest BCUT2D eigenvalue weighted by atomic mass is 32.1. The van der Waals surface area contributed by atoms with E-state index in [4.69, 9.17) is 10.2 Å². The van der Waals surface area contributed by atoms with Crippen molar-refractivity contribution in [2.24, 2.45) is 21.1 Å². The van der Waals surface area contributed by atoms with Crippen molar-refractivity contribution in [2.45, 2.75) is 47.1 Å². The summed E-state index contributed by atoms with van der Waals surface area (Å²) in [6.07, 6.45) is 0.587. The number of carbonyl (C=O) groups excluding carboxylic acids is 1. The molecular formula is C23H33N5O3S. The predicted molar refractivity (Wildman–Crippen MR) is 132 cm³/mol. The van der Waals surface area contributed by atoms with E-state index >= 15 is 0 Å². The average molecular weight is 460 g/mol. The number of hydrogen-bond acceptors (Lipinski definition) is 6.